The van der Waals surface area contributed by atoms with E-state index in [0.717, 1.165) is 35.6 Å². The van der Waals surface area contributed by atoms with E-state index >= 15 is 0 Å². The van der Waals surface area contributed by atoms with Crippen LogP contribution >= 0.6 is 11.8 Å². The Morgan fingerprint density at radius 2 is 1.69 bits per heavy atom. The summed E-state index contributed by atoms with van der Waals surface area (Å²) in [6.45, 7) is 2.14. The number of benzene rings is 2. The van der Waals surface area contributed by atoms with Gasteiger partial charge in [0.1, 0.15) is 16.2 Å². The molecule has 2 aromatic heterocycles. The average Bonchev–Trinajstić information content (AvgIpc) is 2.89. The number of nitrogens with one attached hydrogen (secondary N) is 1. The molecule has 0 bridgehead atoms. The third kappa shape index (κ3) is 5.38. The zero-order chi connectivity index (χ0) is 25.8. The molecule has 0 atom stereocenters. The second kappa shape index (κ2) is 10.9. The Morgan fingerprint density at radius 1 is 1.00 bits per heavy atom. The van der Waals surface area contributed by atoms with Crippen molar-refractivity contribution in [3.63, 3.8) is 0 Å². The second-order valence-corrected chi connectivity index (χ2v) is 9.37. The lowest BCUT2D eigenvalue weighted by molar-refractivity contribution is -0.113. The molecule has 0 fully saturated rings. The highest BCUT2D eigenvalue weighted by molar-refractivity contribution is 8.00. The summed E-state index contributed by atoms with van der Waals surface area (Å²) in [6.07, 6.45) is 3.23. The van der Waals surface area contributed by atoms with Crippen molar-refractivity contribution in [2.75, 3.05) is 11.1 Å². The fraction of sp³-hybridized carbons (Fsp3) is 0.269. The van der Waals surface area contributed by atoms with Gasteiger partial charge >= 0.3 is 5.69 Å². The zero-order valence-electron chi connectivity index (χ0n) is 20.2. The van der Waals surface area contributed by atoms with Gasteiger partial charge in [-0.05, 0) is 54.8 Å². The number of aryl methyl sites for hydroxylation is 2. The number of amides is 1. The van der Waals surface area contributed by atoms with Gasteiger partial charge < -0.3 is 5.32 Å². The van der Waals surface area contributed by atoms with Crippen molar-refractivity contribution in [3.05, 3.63) is 80.7 Å². The fourth-order valence-corrected chi connectivity index (χ4v) is 4.54. The van der Waals surface area contributed by atoms with Crippen LogP contribution in [0.2, 0.25) is 0 Å². The molecule has 0 aliphatic rings. The minimum Gasteiger partial charge on any atom is -0.325 e. The van der Waals surface area contributed by atoms with Crippen molar-refractivity contribution in [3.8, 4) is 11.4 Å². The van der Waals surface area contributed by atoms with Crippen LogP contribution in [0.25, 0.3) is 22.4 Å². The number of fused-ring (bicyclic) bond motifs is 1. The highest BCUT2D eigenvalue weighted by atomic mass is 32.2. The van der Waals surface area contributed by atoms with Crippen LogP contribution in [0.4, 0.5) is 10.1 Å². The molecular weight excluding hydrogens is 481 g/mol. The van der Waals surface area contributed by atoms with Crippen molar-refractivity contribution in [1.29, 1.82) is 0 Å². The molecule has 186 valence electrons. The maximum Gasteiger partial charge on any atom is 0.332 e. The molecule has 1 N–H and O–H groups in total. The molecule has 2 aromatic carbocycles. The number of carbonyl (C=O) groups excluding carboxylic acids is 1. The van der Waals surface area contributed by atoms with E-state index in [-0.39, 0.29) is 33.5 Å². The first-order chi connectivity index (χ1) is 17.3. The molecule has 0 saturated carbocycles. The lowest BCUT2D eigenvalue weighted by Crippen LogP contribution is -2.37. The number of carbonyl (C=O) groups is 1. The van der Waals surface area contributed by atoms with Crippen molar-refractivity contribution in [1.82, 2.24) is 19.1 Å². The fourth-order valence-electron chi connectivity index (χ4n) is 3.73. The minimum absolute atomic E-state index is 0.0153. The molecule has 0 aliphatic heterocycles. The Balaban J connectivity index is 1.64. The van der Waals surface area contributed by atoms with E-state index in [1.165, 1.54) is 48.5 Å². The summed E-state index contributed by atoms with van der Waals surface area (Å²) in [7, 11) is 2.89. The average molecular weight is 508 g/mol. The molecule has 0 radical (unpaired) electrons. The second-order valence-electron chi connectivity index (χ2n) is 8.40. The number of halogens is 1. The van der Waals surface area contributed by atoms with Crippen LogP contribution in [0, 0.1) is 5.82 Å². The highest BCUT2D eigenvalue weighted by Gasteiger charge is 2.19. The number of rotatable bonds is 8. The molecule has 0 aliphatic carbocycles. The summed E-state index contributed by atoms with van der Waals surface area (Å²) < 4.78 is 15.7. The Morgan fingerprint density at radius 3 is 2.36 bits per heavy atom. The van der Waals surface area contributed by atoms with Gasteiger partial charge in [-0.2, -0.15) is 0 Å². The van der Waals surface area contributed by atoms with Crippen LogP contribution in [-0.4, -0.2) is 30.8 Å². The first kappa shape index (κ1) is 25.3. The Labute approximate surface area is 211 Å². The van der Waals surface area contributed by atoms with Gasteiger partial charge in [-0.3, -0.25) is 18.7 Å². The van der Waals surface area contributed by atoms with E-state index in [4.69, 9.17) is 0 Å². The van der Waals surface area contributed by atoms with Gasteiger partial charge in [0.2, 0.25) is 5.91 Å². The molecule has 10 heteroatoms. The summed E-state index contributed by atoms with van der Waals surface area (Å²) in [6, 6.07) is 13.3. The van der Waals surface area contributed by atoms with E-state index < -0.39 is 17.1 Å². The van der Waals surface area contributed by atoms with Gasteiger partial charge in [-0.25, -0.2) is 19.2 Å². The number of unbranched alkanes of at least 4 members (excludes halogenated alkanes) is 1. The standard InChI is InChI=1S/C26H26FN5O3S/c1-4-5-6-16-7-13-19(14-8-16)28-20(33)15-36-24-21-23(31(2)26(35)32(3)25(21)34)29-22(30-24)17-9-11-18(27)12-10-17/h7-14H,4-6,15H2,1-3H3,(H,28,33). The number of hydrogen-bond acceptors (Lipinski definition) is 6. The molecule has 8 nitrogen and oxygen atoms in total. The van der Waals surface area contributed by atoms with Crippen LogP contribution in [0.1, 0.15) is 25.3 Å². The monoisotopic (exact) mass is 507 g/mol. The smallest absolute Gasteiger partial charge is 0.325 e. The Hall–Kier alpha value is -3.79. The summed E-state index contributed by atoms with van der Waals surface area (Å²) in [5.41, 5.74) is 1.46. The molecule has 4 aromatic rings. The maximum absolute atomic E-state index is 13.4. The Kier molecular flexibility index (Phi) is 7.64. The first-order valence-corrected chi connectivity index (χ1v) is 12.5. The van der Waals surface area contributed by atoms with E-state index in [1.807, 2.05) is 24.3 Å². The lowest BCUT2D eigenvalue weighted by atomic mass is 10.1. The normalized spacial score (nSPS) is 11.1. The van der Waals surface area contributed by atoms with Gasteiger partial charge in [0.05, 0.1) is 5.75 Å². The van der Waals surface area contributed by atoms with E-state index in [2.05, 4.69) is 22.2 Å². The number of hydrogen-bond donors (Lipinski definition) is 1. The van der Waals surface area contributed by atoms with Crippen LogP contribution in [0.5, 0.6) is 0 Å². The number of nitrogens with zero attached hydrogens (tertiary/aromatic N) is 4. The van der Waals surface area contributed by atoms with Crippen molar-refractivity contribution in [2.45, 2.75) is 31.2 Å². The van der Waals surface area contributed by atoms with Gasteiger partial charge in [0, 0.05) is 25.3 Å². The van der Waals surface area contributed by atoms with Crippen LogP contribution in [-0.2, 0) is 25.3 Å². The molecule has 0 saturated heterocycles. The summed E-state index contributed by atoms with van der Waals surface area (Å²) in [5, 5.41) is 3.27. The van der Waals surface area contributed by atoms with E-state index in [0.29, 0.717) is 11.3 Å². The molecule has 0 spiro atoms. The Bertz CT molecular complexity index is 1530. The maximum atomic E-state index is 13.4. The zero-order valence-corrected chi connectivity index (χ0v) is 21.1. The molecule has 1 amide bonds. The molecular formula is C26H26FN5O3S. The van der Waals surface area contributed by atoms with Crippen LogP contribution in [0.3, 0.4) is 0 Å². The van der Waals surface area contributed by atoms with Gasteiger partial charge in [-0.15, -0.1) is 0 Å². The van der Waals surface area contributed by atoms with Crippen LogP contribution < -0.4 is 16.6 Å². The third-order valence-corrected chi connectivity index (χ3v) is 6.74. The van der Waals surface area contributed by atoms with Gasteiger partial charge in [0.15, 0.2) is 11.5 Å². The van der Waals surface area contributed by atoms with E-state index in [9.17, 15) is 18.8 Å². The summed E-state index contributed by atoms with van der Waals surface area (Å²) in [5.74, 6) is -0.474. The highest BCUT2D eigenvalue weighted by Crippen LogP contribution is 2.26. The topological polar surface area (TPSA) is 98.9 Å². The number of aromatic nitrogens is 4. The summed E-state index contributed by atoms with van der Waals surface area (Å²) >= 11 is 1.08. The predicted molar refractivity (Wildman–Crippen MR) is 140 cm³/mol. The number of thioether (sulfide) groups is 1. The van der Waals surface area contributed by atoms with Crippen molar-refractivity contribution >= 4 is 34.4 Å². The van der Waals surface area contributed by atoms with Crippen molar-refractivity contribution in [2.24, 2.45) is 14.1 Å². The lowest BCUT2D eigenvalue weighted by Gasteiger charge is -2.12. The van der Waals surface area contributed by atoms with Gasteiger partial charge in [-0.1, -0.05) is 37.2 Å². The van der Waals surface area contributed by atoms with Crippen molar-refractivity contribution < 1.29 is 9.18 Å². The molecule has 0 unspecified atom stereocenters. The third-order valence-electron chi connectivity index (χ3n) is 5.77. The molecule has 36 heavy (non-hydrogen) atoms. The number of anilines is 1. The molecule has 2 heterocycles. The largest absolute Gasteiger partial charge is 0.332 e. The summed E-state index contributed by atoms with van der Waals surface area (Å²) in [4.78, 5) is 47.1. The first-order valence-electron chi connectivity index (χ1n) is 11.5. The SMILES string of the molecule is CCCCc1ccc(NC(=O)CSc2nc(-c3ccc(F)cc3)nc3c2c(=O)n(C)c(=O)n3C)cc1. The van der Waals surface area contributed by atoms with Crippen LogP contribution in [0.15, 0.2) is 63.1 Å². The van der Waals surface area contributed by atoms with E-state index in [1.54, 1.807) is 0 Å². The quantitative estimate of drug-likeness (QED) is 0.287. The van der Waals surface area contributed by atoms with Gasteiger partial charge in [0.25, 0.3) is 5.56 Å². The predicted octanol–water partition coefficient (Wildman–Crippen LogP) is 3.91. The minimum atomic E-state index is -0.552. The molecule has 4 rings (SSSR count).